The second-order valence-corrected chi connectivity index (χ2v) is 25.9. The highest BCUT2D eigenvalue weighted by molar-refractivity contribution is 9.46. The number of hydrogen-bond acceptors (Lipinski definition) is 13. The van der Waals surface area contributed by atoms with E-state index in [0.29, 0.717) is 39.6 Å². The van der Waals surface area contributed by atoms with Gasteiger partial charge in [0.05, 0.1) is 0 Å². The molecule has 2 aromatic rings. The number of aryl methyl sites for hydroxylation is 2. The summed E-state index contributed by atoms with van der Waals surface area (Å²) in [6.45, 7) is 15.8. The zero-order valence-corrected chi connectivity index (χ0v) is 35.1. The monoisotopic (exact) mass is 786 g/mol. The highest BCUT2D eigenvalue weighted by atomic mass is 33.9. The number of rotatable bonds is 28. The van der Waals surface area contributed by atoms with Gasteiger partial charge in [0.25, 0.3) is 0 Å². The van der Waals surface area contributed by atoms with Gasteiger partial charge in [-0.15, -0.1) is 0 Å². The Hall–Kier alpha value is 1.08. The third-order valence-electron chi connectivity index (χ3n) is 6.35. The van der Waals surface area contributed by atoms with Gasteiger partial charge in [0.1, 0.15) is 0 Å². The molecule has 0 fully saturated rings. The highest BCUT2D eigenvalue weighted by Crippen LogP contribution is 2.57. The molecule has 0 bridgehead atoms. The van der Waals surface area contributed by atoms with Gasteiger partial charge in [-0.25, -0.2) is 0 Å². The lowest BCUT2D eigenvalue weighted by Crippen LogP contribution is -2.46. The molecule has 6 nitrogen and oxygen atoms in total. The van der Waals surface area contributed by atoms with Crippen LogP contribution in [0.1, 0.15) is 65.5 Å². The number of hydrogen-bond donors (Lipinski definition) is 0. The third-order valence-corrected chi connectivity index (χ3v) is 25.5. The first kappa shape index (κ1) is 42.3. The van der Waals surface area contributed by atoms with Crippen molar-refractivity contribution in [1.82, 2.24) is 0 Å². The first-order valence-corrected chi connectivity index (χ1v) is 28.4. The van der Waals surface area contributed by atoms with E-state index in [1.807, 2.05) is 112 Å². The lowest BCUT2D eigenvalue weighted by Gasteiger charge is -2.28. The van der Waals surface area contributed by atoms with Crippen molar-refractivity contribution in [3.63, 3.8) is 0 Å². The second-order valence-electron chi connectivity index (χ2n) is 9.39. The zero-order chi connectivity index (χ0) is 32.6. The van der Waals surface area contributed by atoms with Crippen LogP contribution in [-0.4, -0.2) is 57.3 Å². The topological polar surface area (TPSA) is 55.4 Å². The van der Waals surface area contributed by atoms with Crippen LogP contribution in [0.5, 0.6) is 0 Å². The third kappa shape index (κ3) is 16.6. The van der Waals surface area contributed by atoms with Crippen LogP contribution in [-0.2, 0) is 39.4 Å². The Labute approximate surface area is 301 Å². The summed E-state index contributed by atoms with van der Waals surface area (Å²) in [5, 5.41) is 0. The summed E-state index contributed by atoms with van der Waals surface area (Å²) >= 11 is 0. The number of benzene rings is 2. The lowest BCUT2D eigenvalue weighted by molar-refractivity contribution is 0.0700. The Bertz CT molecular complexity index is 932. The van der Waals surface area contributed by atoms with E-state index in [1.54, 1.807) is 0 Å². The average molecular weight is 787 g/mol. The van der Waals surface area contributed by atoms with E-state index < -0.39 is 17.6 Å². The summed E-state index contributed by atoms with van der Waals surface area (Å²) in [5.74, 6) is 0. The van der Waals surface area contributed by atoms with Gasteiger partial charge >= 0.3 is 17.6 Å². The Morgan fingerprint density at radius 1 is 0.444 bits per heavy atom. The molecule has 0 atom stereocenters. The van der Waals surface area contributed by atoms with Gasteiger partial charge in [0.2, 0.25) is 0 Å². The van der Waals surface area contributed by atoms with Gasteiger partial charge in [-0.1, -0.05) is 36.4 Å². The van der Waals surface area contributed by atoms with Crippen molar-refractivity contribution in [1.29, 1.82) is 0 Å². The van der Waals surface area contributed by atoms with Crippen molar-refractivity contribution in [3.05, 3.63) is 59.7 Å². The summed E-state index contributed by atoms with van der Waals surface area (Å²) in [6, 6.07) is 19.1. The molecular weight excluding hydrogens is 737 g/mol. The normalized spacial score (nSPS) is 12.2. The molecular formula is C30H50O6S7Si2. The first-order valence-electron chi connectivity index (χ1n) is 15.7. The maximum atomic E-state index is 6.04. The van der Waals surface area contributed by atoms with Crippen LogP contribution < -0.4 is 0 Å². The van der Waals surface area contributed by atoms with E-state index in [2.05, 4.69) is 48.5 Å². The Balaban J connectivity index is 1.76. The molecule has 0 saturated carbocycles. The van der Waals surface area contributed by atoms with E-state index in [9.17, 15) is 0 Å². The molecule has 2 rings (SSSR count). The van der Waals surface area contributed by atoms with Crippen LogP contribution in [0.3, 0.4) is 0 Å². The van der Waals surface area contributed by atoms with E-state index >= 15 is 0 Å². The minimum atomic E-state index is -2.60. The van der Waals surface area contributed by atoms with Crippen LogP contribution in [0.4, 0.5) is 0 Å². The molecule has 256 valence electrons. The Morgan fingerprint density at radius 2 is 0.756 bits per heavy atom. The fraction of sp³-hybridized carbons (Fsp3) is 0.600. The van der Waals surface area contributed by atoms with Crippen molar-refractivity contribution >= 4 is 88.3 Å². The van der Waals surface area contributed by atoms with Gasteiger partial charge in [-0.05, 0) is 161 Å². The molecule has 45 heavy (non-hydrogen) atoms. The minimum absolute atomic E-state index is 0.617. The van der Waals surface area contributed by atoms with Crippen LogP contribution in [0, 0.1) is 0 Å². The summed E-state index contributed by atoms with van der Waals surface area (Å²) in [5.41, 5.74) is 2.73. The summed E-state index contributed by atoms with van der Waals surface area (Å²) in [4.78, 5) is 2.64. The van der Waals surface area contributed by atoms with Crippen molar-refractivity contribution in [2.45, 2.75) is 89.1 Å². The molecule has 0 heterocycles. The summed E-state index contributed by atoms with van der Waals surface area (Å²) in [7, 11) is 7.52. The molecule has 0 aromatic heterocycles. The minimum Gasteiger partial charge on any atom is -0.374 e. The largest absolute Gasteiger partial charge is 0.500 e. The quantitative estimate of drug-likeness (QED) is 0.0468. The lowest BCUT2D eigenvalue weighted by atomic mass is 10.1. The van der Waals surface area contributed by atoms with E-state index in [0.717, 1.165) is 37.8 Å². The SMILES string of the molecule is CCO[Si](CCCc1ccccc1SSSSSSSc1ccccc1CCC[Si](OCC)(OCC)OCC)(OCC)OCC. The zero-order valence-electron chi connectivity index (χ0n) is 27.4. The van der Waals surface area contributed by atoms with Gasteiger partial charge in [0, 0.05) is 61.5 Å². The van der Waals surface area contributed by atoms with E-state index in [1.165, 1.54) is 20.9 Å². The molecule has 0 amide bonds. The maximum absolute atomic E-state index is 6.04. The van der Waals surface area contributed by atoms with Gasteiger partial charge in [-0.3, -0.25) is 0 Å². The molecule has 0 radical (unpaired) electrons. The predicted octanol–water partition coefficient (Wildman–Crippen LogP) is 11.7. The molecule has 0 unspecified atom stereocenters. The molecule has 2 aromatic carbocycles. The molecule has 15 heteroatoms. The smallest absolute Gasteiger partial charge is 0.374 e. The van der Waals surface area contributed by atoms with Gasteiger partial charge in [0.15, 0.2) is 0 Å². The maximum Gasteiger partial charge on any atom is 0.500 e. The van der Waals surface area contributed by atoms with Crippen LogP contribution in [0.2, 0.25) is 12.1 Å². The van der Waals surface area contributed by atoms with E-state index in [-0.39, 0.29) is 0 Å². The Morgan fingerprint density at radius 3 is 1.09 bits per heavy atom. The fourth-order valence-electron chi connectivity index (χ4n) is 4.71. The predicted molar refractivity (Wildman–Crippen MR) is 210 cm³/mol. The first-order chi connectivity index (χ1) is 22.0. The van der Waals surface area contributed by atoms with Crippen molar-refractivity contribution in [3.8, 4) is 0 Å². The molecule has 0 saturated heterocycles. The Kier molecular flexibility index (Phi) is 24.4. The summed E-state index contributed by atoms with van der Waals surface area (Å²) in [6.07, 6.45) is 3.93. The molecule has 0 aliphatic heterocycles. The van der Waals surface area contributed by atoms with Gasteiger partial charge in [-0.2, -0.15) is 0 Å². The second kappa shape index (κ2) is 26.0. The standard InChI is InChI=1S/C30H50O6S7Si2/c1-7-31-44(32-8-2,33-9-3)25-17-21-27-19-13-15-23-29(27)37-39-41-43-42-40-38-30-24-16-14-20-28(30)22-18-26-45(34-10-4,35-11-5)36-12-6/h13-16,19-20,23-24H,7-12,17-18,21-22,25-26H2,1-6H3. The van der Waals surface area contributed by atoms with Crippen LogP contribution in [0.25, 0.3) is 0 Å². The van der Waals surface area contributed by atoms with Crippen molar-refractivity contribution in [2.24, 2.45) is 0 Å². The molecule has 0 aliphatic carbocycles. The molecule has 0 N–H and O–H groups in total. The van der Waals surface area contributed by atoms with Crippen LogP contribution >= 0.6 is 70.7 Å². The fourth-order valence-corrected chi connectivity index (χ4v) is 24.1. The van der Waals surface area contributed by atoms with Crippen molar-refractivity contribution in [2.75, 3.05) is 39.6 Å². The van der Waals surface area contributed by atoms with E-state index in [4.69, 9.17) is 26.6 Å². The molecule has 0 spiro atoms. The molecule has 0 aliphatic rings. The van der Waals surface area contributed by atoms with Crippen LogP contribution in [0.15, 0.2) is 58.3 Å². The van der Waals surface area contributed by atoms with Crippen molar-refractivity contribution < 1.29 is 26.6 Å². The highest BCUT2D eigenvalue weighted by Gasteiger charge is 2.40. The average Bonchev–Trinajstić information content (AvgIpc) is 3.03. The summed E-state index contributed by atoms with van der Waals surface area (Å²) < 4.78 is 36.2. The van der Waals surface area contributed by atoms with Gasteiger partial charge < -0.3 is 26.6 Å².